The van der Waals surface area contributed by atoms with Gasteiger partial charge >= 0.3 is 0 Å². The molecule has 1 heterocycles. The van der Waals surface area contributed by atoms with Gasteiger partial charge in [0.1, 0.15) is 16.3 Å². The minimum atomic E-state index is -2.15. The van der Waals surface area contributed by atoms with E-state index in [9.17, 15) is 19.2 Å². The molecule has 4 atom stereocenters. The number of ketones is 1. The lowest BCUT2D eigenvalue weighted by atomic mass is 9.84. The van der Waals surface area contributed by atoms with Crippen LogP contribution in [0, 0.1) is 11.8 Å². The molecule has 0 unspecified atom stereocenters. The molecule has 1 aliphatic heterocycles. The summed E-state index contributed by atoms with van der Waals surface area (Å²) in [6.07, 6.45) is 0. The second kappa shape index (κ2) is 9.42. The van der Waals surface area contributed by atoms with Crippen LogP contribution in [0.25, 0.3) is 0 Å². The molecule has 3 amide bonds. The molecule has 0 spiro atoms. The number of halogens is 8. The number of nitrogens with zero attached hydrogens (tertiary/aromatic N) is 2. The molecule has 198 valence electrons. The van der Waals surface area contributed by atoms with Crippen LogP contribution >= 0.6 is 92.8 Å². The van der Waals surface area contributed by atoms with Crippen molar-refractivity contribution in [2.45, 2.75) is 14.1 Å². The van der Waals surface area contributed by atoms with Gasteiger partial charge in [0.2, 0.25) is 0 Å². The molecular weight excluding hydrogens is 664 g/mol. The molecule has 1 saturated carbocycles. The first-order chi connectivity index (χ1) is 17.7. The van der Waals surface area contributed by atoms with Gasteiger partial charge in [0.25, 0.3) is 17.7 Å². The second-order valence-corrected chi connectivity index (χ2v) is 12.9. The van der Waals surface area contributed by atoms with Gasteiger partial charge in [-0.3, -0.25) is 19.2 Å². The number of benzene rings is 2. The fraction of sp³-hybridized carbons (Fsp3) is 0.250. The van der Waals surface area contributed by atoms with Gasteiger partial charge in [0.05, 0.1) is 31.9 Å². The van der Waals surface area contributed by atoms with Gasteiger partial charge in [-0.25, -0.2) is 5.01 Å². The van der Waals surface area contributed by atoms with Gasteiger partial charge in [-0.15, -0.1) is 23.2 Å². The minimum Gasteiger partial charge on any atom is -0.292 e. The van der Waals surface area contributed by atoms with Crippen molar-refractivity contribution in [3.63, 3.8) is 0 Å². The van der Waals surface area contributed by atoms with Crippen molar-refractivity contribution in [3.05, 3.63) is 79.8 Å². The summed E-state index contributed by atoms with van der Waals surface area (Å²) in [6, 6.07) is 11.9. The van der Waals surface area contributed by atoms with E-state index in [-0.39, 0.29) is 31.2 Å². The largest absolute Gasteiger partial charge is 0.292 e. The summed E-state index contributed by atoms with van der Waals surface area (Å²) < 4.78 is -2.15. The van der Waals surface area contributed by atoms with Gasteiger partial charge < -0.3 is 0 Å². The summed E-state index contributed by atoms with van der Waals surface area (Å²) in [5.41, 5.74) is 0.176. The van der Waals surface area contributed by atoms with E-state index in [4.69, 9.17) is 92.8 Å². The van der Waals surface area contributed by atoms with Crippen LogP contribution in [0.15, 0.2) is 58.6 Å². The Hall–Kier alpha value is -1.22. The zero-order valence-corrected chi connectivity index (χ0v) is 24.6. The van der Waals surface area contributed by atoms with E-state index in [0.29, 0.717) is 10.0 Å². The fourth-order valence-electron chi connectivity index (χ4n) is 5.08. The molecule has 1 saturated heterocycles. The average Bonchev–Trinajstić information content (AvgIpc) is 3.27. The Kier molecular flexibility index (Phi) is 7.02. The highest BCUT2D eigenvalue weighted by molar-refractivity contribution is 6.66. The van der Waals surface area contributed by atoms with Crippen molar-refractivity contribution in [2.75, 3.05) is 6.54 Å². The lowest BCUT2D eigenvalue weighted by molar-refractivity contribution is -0.154. The number of amides is 3. The van der Waals surface area contributed by atoms with Crippen molar-refractivity contribution in [3.8, 4) is 0 Å². The Labute approximate surface area is 256 Å². The van der Waals surface area contributed by atoms with Crippen LogP contribution in [0.3, 0.4) is 0 Å². The predicted octanol–water partition coefficient (Wildman–Crippen LogP) is 6.68. The number of hydrazine groups is 1. The maximum atomic E-state index is 13.9. The van der Waals surface area contributed by atoms with Crippen molar-refractivity contribution >= 4 is 116 Å². The number of fused-ring (bicyclic) bond motifs is 5. The number of hydrogen-bond acceptors (Lipinski definition) is 4. The van der Waals surface area contributed by atoms with Gasteiger partial charge in [-0.05, 0) is 18.2 Å². The van der Waals surface area contributed by atoms with Crippen molar-refractivity contribution < 1.29 is 19.2 Å². The van der Waals surface area contributed by atoms with Crippen molar-refractivity contribution in [2.24, 2.45) is 11.8 Å². The van der Waals surface area contributed by atoms with Crippen LogP contribution in [0.5, 0.6) is 0 Å². The van der Waals surface area contributed by atoms with E-state index < -0.39 is 56.0 Å². The summed E-state index contributed by atoms with van der Waals surface area (Å²) in [5, 5.41) is 0.859. The Morgan fingerprint density at radius 1 is 0.763 bits per heavy atom. The molecule has 3 aliphatic rings. The summed E-state index contributed by atoms with van der Waals surface area (Å²) >= 11 is 51.4. The summed E-state index contributed by atoms with van der Waals surface area (Å²) in [6.45, 7) is -0.702. The van der Waals surface area contributed by atoms with Crippen molar-refractivity contribution in [1.29, 1.82) is 0 Å². The van der Waals surface area contributed by atoms with E-state index in [1.54, 1.807) is 18.2 Å². The standard InChI is InChI=1S/C24H12Cl8N2O4/c25-12-7-6-11(8-13(12)26)19(36)33(9-14(35)10-4-2-1-3-5-10)34-20(37)15-16(21(34)38)23(30)18(28)17(27)22(15,29)24(23,31)32/h1-8,15-16H,9H2/t15-,16+,22-,23-/m1/s1. The van der Waals surface area contributed by atoms with Crippen LogP contribution < -0.4 is 0 Å². The Morgan fingerprint density at radius 3 is 1.79 bits per heavy atom. The molecule has 2 aromatic rings. The maximum absolute atomic E-state index is 13.9. The number of carbonyl (C=O) groups is 4. The molecule has 2 fully saturated rings. The number of allylic oxidation sites excluding steroid dienone is 2. The Bertz CT molecular complexity index is 1420. The third-order valence-electron chi connectivity index (χ3n) is 6.92. The van der Waals surface area contributed by atoms with Crippen LogP contribution in [0.2, 0.25) is 10.0 Å². The monoisotopic (exact) mass is 672 g/mol. The molecule has 0 radical (unpaired) electrons. The summed E-state index contributed by atoms with van der Waals surface area (Å²) in [4.78, 5) is 50.4. The maximum Gasteiger partial charge on any atom is 0.273 e. The highest BCUT2D eigenvalue weighted by atomic mass is 35.5. The molecular formula is C24H12Cl8N2O4. The molecule has 0 N–H and O–H groups in total. The first-order valence-electron chi connectivity index (χ1n) is 10.8. The molecule has 5 rings (SSSR count). The van der Waals surface area contributed by atoms with E-state index in [0.717, 1.165) is 0 Å². The number of hydrogen-bond donors (Lipinski definition) is 0. The molecule has 2 aliphatic carbocycles. The Balaban J connectivity index is 1.61. The first-order valence-corrected chi connectivity index (χ1v) is 13.8. The number of imide groups is 1. The van der Waals surface area contributed by atoms with Crippen LogP contribution in [0.4, 0.5) is 0 Å². The van der Waals surface area contributed by atoms with Gasteiger partial charge in [0, 0.05) is 11.1 Å². The molecule has 6 nitrogen and oxygen atoms in total. The molecule has 2 bridgehead atoms. The van der Waals surface area contributed by atoms with Crippen molar-refractivity contribution in [1.82, 2.24) is 10.0 Å². The van der Waals surface area contributed by atoms with E-state index in [1.807, 2.05) is 0 Å². The summed E-state index contributed by atoms with van der Waals surface area (Å²) in [7, 11) is 0. The SMILES string of the molecule is O=C(CN(C(=O)c1ccc(Cl)c(Cl)c1)N1C(=O)[C@@H]2[C@H](C1=O)[C@@]1(Cl)C(Cl)=C(Cl)[C@@]2(Cl)C1(Cl)Cl)c1ccccc1. The molecule has 38 heavy (non-hydrogen) atoms. The quantitative estimate of drug-likeness (QED) is 0.201. The van der Waals surface area contributed by atoms with E-state index >= 15 is 0 Å². The zero-order valence-electron chi connectivity index (χ0n) is 18.5. The summed E-state index contributed by atoms with van der Waals surface area (Å²) in [5.74, 6) is -6.42. The number of rotatable bonds is 5. The highest BCUT2D eigenvalue weighted by Gasteiger charge is 2.88. The van der Waals surface area contributed by atoms with E-state index in [2.05, 4.69) is 0 Å². The van der Waals surface area contributed by atoms with Gasteiger partial charge in [-0.2, -0.15) is 5.01 Å². The zero-order chi connectivity index (χ0) is 27.9. The van der Waals surface area contributed by atoms with Crippen LogP contribution in [-0.2, 0) is 9.59 Å². The van der Waals surface area contributed by atoms with Crippen LogP contribution in [-0.4, -0.2) is 54.1 Å². The lowest BCUT2D eigenvalue weighted by Gasteiger charge is -2.36. The predicted molar refractivity (Wildman–Crippen MR) is 147 cm³/mol. The number of alkyl halides is 4. The Morgan fingerprint density at radius 2 is 1.29 bits per heavy atom. The third-order valence-corrected chi connectivity index (χ3v) is 11.9. The molecule has 0 aromatic heterocycles. The topological polar surface area (TPSA) is 74.8 Å². The van der Waals surface area contributed by atoms with Gasteiger partial charge in [0.15, 0.2) is 10.1 Å². The van der Waals surface area contributed by atoms with Gasteiger partial charge in [-0.1, -0.05) is 99.9 Å². The smallest absolute Gasteiger partial charge is 0.273 e. The first kappa shape index (κ1) is 28.3. The number of Topliss-reactive ketones (excluding diaryl/α,β-unsaturated/α-hetero) is 1. The highest BCUT2D eigenvalue weighted by Crippen LogP contribution is 2.77. The van der Waals surface area contributed by atoms with E-state index in [1.165, 1.54) is 30.3 Å². The second-order valence-electron chi connectivity index (χ2n) is 8.85. The average molecular weight is 676 g/mol. The lowest BCUT2D eigenvalue weighted by Crippen LogP contribution is -2.56. The fourth-order valence-corrected chi connectivity index (χ4v) is 8.31. The van der Waals surface area contributed by atoms with Crippen LogP contribution in [0.1, 0.15) is 20.7 Å². The minimum absolute atomic E-state index is 0.0390. The third kappa shape index (κ3) is 3.55. The number of carbonyl (C=O) groups excluding carboxylic acids is 4. The normalized spacial score (nSPS) is 29.2. The molecule has 2 aromatic carbocycles. The molecule has 14 heteroatoms.